The Morgan fingerprint density at radius 3 is 2.47 bits per heavy atom. The Labute approximate surface area is 196 Å². The summed E-state index contributed by atoms with van der Waals surface area (Å²) >= 11 is 12.5. The highest BCUT2D eigenvalue weighted by Crippen LogP contribution is 2.23. The average Bonchev–Trinajstić information content (AvgIpc) is 2.79. The first-order chi connectivity index (χ1) is 15.4. The summed E-state index contributed by atoms with van der Waals surface area (Å²) < 4.78 is 1.30. The highest BCUT2D eigenvalue weighted by atomic mass is 35.5. The van der Waals surface area contributed by atoms with Crippen LogP contribution < -0.4 is 15.8 Å². The van der Waals surface area contributed by atoms with E-state index in [0.717, 1.165) is 5.56 Å². The van der Waals surface area contributed by atoms with Crippen LogP contribution in [0.3, 0.4) is 0 Å². The summed E-state index contributed by atoms with van der Waals surface area (Å²) in [6.45, 7) is 4.81. The summed E-state index contributed by atoms with van der Waals surface area (Å²) in [5, 5.41) is 7.95. The van der Waals surface area contributed by atoms with Crippen LogP contribution in [0.2, 0.25) is 10.0 Å². The third-order valence-corrected chi connectivity index (χ3v) is 6.20. The monoisotopic (exact) mass is 471 g/mol. The smallest absolute Gasteiger partial charge is 0.292 e. The van der Waals surface area contributed by atoms with Gasteiger partial charge in [0.05, 0.1) is 24.1 Å². The van der Waals surface area contributed by atoms with Gasteiger partial charge in [0.25, 0.3) is 5.56 Å². The Bertz CT molecular complexity index is 1170. The number of aryl methyl sites for hydroxylation is 1. The summed E-state index contributed by atoms with van der Waals surface area (Å²) in [6, 6.07) is 14.6. The Morgan fingerprint density at radius 1 is 1.06 bits per heavy atom. The van der Waals surface area contributed by atoms with Crippen LogP contribution in [-0.4, -0.2) is 53.3 Å². The number of benzene rings is 2. The second-order valence-electron chi connectivity index (χ2n) is 7.67. The topological polar surface area (TPSA) is 70.5 Å². The molecular formula is C23H23Cl2N5O2. The third-order valence-electron chi connectivity index (χ3n) is 5.44. The lowest BCUT2D eigenvalue weighted by Gasteiger charge is -2.35. The van der Waals surface area contributed by atoms with E-state index in [1.807, 2.05) is 42.2 Å². The lowest BCUT2D eigenvalue weighted by atomic mass is 10.2. The van der Waals surface area contributed by atoms with Crippen molar-refractivity contribution in [2.75, 3.05) is 42.9 Å². The van der Waals surface area contributed by atoms with Gasteiger partial charge in [-0.15, -0.1) is 0 Å². The Kier molecular flexibility index (Phi) is 6.79. The van der Waals surface area contributed by atoms with Gasteiger partial charge in [-0.3, -0.25) is 14.5 Å². The van der Waals surface area contributed by atoms with Gasteiger partial charge >= 0.3 is 0 Å². The van der Waals surface area contributed by atoms with E-state index in [2.05, 4.69) is 15.3 Å². The molecule has 0 saturated carbocycles. The fraction of sp³-hybridized carbons (Fsp3) is 0.261. The molecule has 0 atom stereocenters. The molecule has 9 heteroatoms. The van der Waals surface area contributed by atoms with Crippen LogP contribution in [0.5, 0.6) is 0 Å². The van der Waals surface area contributed by atoms with Gasteiger partial charge in [0, 0.05) is 36.9 Å². The molecule has 1 aliphatic heterocycles. The SMILES string of the molecule is Cc1ccc(NC(=O)CN2CCN(c3cnn(-c4ccccc4)c(=O)c3Cl)CC2)cc1Cl. The van der Waals surface area contributed by atoms with E-state index in [-0.39, 0.29) is 23.0 Å². The zero-order valence-corrected chi connectivity index (χ0v) is 19.1. The van der Waals surface area contributed by atoms with Crippen LogP contribution in [0.1, 0.15) is 5.56 Å². The second-order valence-corrected chi connectivity index (χ2v) is 8.46. The number of rotatable bonds is 5. The summed E-state index contributed by atoms with van der Waals surface area (Å²) in [5.41, 5.74) is 2.57. The quantitative estimate of drug-likeness (QED) is 0.615. The van der Waals surface area contributed by atoms with Gasteiger partial charge in [0.1, 0.15) is 5.02 Å². The second kappa shape index (κ2) is 9.73. The fourth-order valence-corrected chi connectivity index (χ4v) is 4.05. The lowest BCUT2D eigenvalue weighted by molar-refractivity contribution is -0.117. The summed E-state index contributed by atoms with van der Waals surface area (Å²) in [6.07, 6.45) is 1.63. The number of carbonyl (C=O) groups excluding carboxylic acids is 1. The molecule has 7 nitrogen and oxygen atoms in total. The first-order valence-electron chi connectivity index (χ1n) is 10.3. The molecule has 0 spiro atoms. The molecule has 3 aromatic rings. The number of hydrogen-bond donors (Lipinski definition) is 1. The number of carbonyl (C=O) groups is 1. The van der Waals surface area contributed by atoms with Gasteiger partial charge in [-0.25, -0.2) is 0 Å². The maximum absolute atomic E-state index is 12.7. The first-order valence-corrected chi connectivity index (χ1v) is 11.0. The predicted molar refractivity (Wildman–Crippen MR) is 128 cm³/mol. The molecule has 1 saturated heterocycles. The number of nitrogens with zero attached hydrogens (tertiary/aromatic N) is 4. The highest BCUT2D eigenvalue weighted by Gasteiger charge is 2.23. The van der Waals surface area contributed by atoms with Gasteiger partial charge in [-0.2, -0.15) is 9.78 Å². The Balaban J connectivity index is 1.36. The predicted octanol–water partition coefficient (Wildman–Crippen LogP) is 3.61. The minimum atomic E-state index is -0.353. The van der Waals surface area contributed by atoms with Crippen molar-refractivity contribution in [2.45, 2.75) is 6.92 Å². The van der Waals surface area contributed by atoms with Crippen molar-refractivity contribution in [3.8, 4) is 5.69 Å². The highest BCUT2D eigenvalue weighted by molar-refractivity contribution is 6.33. The minimum absolute atomic E-state index is 0.0940. The summed E-state index contributed by atoms with van der Waals surface area (Å²) in [4.78, 5) is 29.2. The molecule has 1 amide bonds. The maximum atomic E-state index is 12.7. The average molecular weight is 472 g/mol. The van der Waals surface area contributed by atoms with Gasteiger partial charge in [0.15, 0.2) is 0 Å². The number of anilines is 2. The minimum Gasteiger partial charge on any atom is -0.366 e. The normalized spacial score (nSPS) is 14.4. The van der Waals surface area contributed by atoms with E-state index in [9.17, 15) is 9.59 Å². The Hall–Kier alpha value is -2.87. The standard InChI is InChI=1S/C23H23Cl2N5O2/c1-16-7-8-17(13-19(16)24)27-21(31)15-28-9-11-29(12-10-28)20-14-26-30(23(32)22(20)25)18-5-3-2-4-6-18/h2-8,13-14H,9-12,15H2,1H3,(H,27,31). The van der Waals surface area contributed by atoms with E-state index >= 15 is 0 Å². The van der Waals surface area contributed by atoms with Crippen LogP contribution in [0.25, 0.3) is 5.69 Å². The van der Waals surface area contributed by atoms with E-state index in [0.29, 0.717) is 48.3 Å². The lowest BCUT2D eigenvalue weighted by Crippen LogP contribution is -2.49. The number of aromatic nitrogens is 2. The van der Waals surface area contributed by atoms with Crippen molar-refractivity contribution in [3.63, 3.8) is 0 Å². The molecule has 2 aromatic carbocycles. The molecule has 0 aliphatic carbocycles. The summed E-state index contributed by atoms with van der Waals surface area (Å²) in [5.74, 6) is -0.0940. The van der Waals surface area contributed by atoms with Gasteiger partial charge in [0.2, 0.25) is 5.91 Å². The number of para-hydroxylation sites is 1. The number of amides is 1. The molecule has 1 aliphatic rings. The molecule has 2 heterocycles. The molecular weight excluding hydrogens is 449 g/mol. The van der Waals surface area contributed by atoms with Gasteiger partial charge in [-0.1, -0.05) is 47.5 Å². The van der Waals surface area contributed by atoms with Crippen LogP contribution in [0, 0.1) is 6.92 Å². The third kappa shape index (κ3) is 4.96. The molecule has 166 valence electrons. The van der Waals surface area contributed by atoms with Crippen LogP contribution in [-0.2, 0) is 4.79 Å². The molecule has 32 heavy (non-hydrogen) atoms. The number of hydrogen-bond acceptors (Lipinski definition) is 5. The maximum Gasteiger partial charge on any atom is 0.292 e. The van der Waals surface area contributed by atoms with Crippen LogP contribution in [0.4, 0.5) is 11.4 Å². The number of nitrogens with one attached hydrogen (secondary N) is 1. The van der Waals surface area contributed by atoms with Crippen LogP contribution in [0.15, 0.2) is 59.5 Å². The van der Waals surface area contributed by atoms with E-state index in [1.54, 1.807) is 24.4 Å². The van der Waals surface area contributed by atoms with Gasteiger partial charge in [-0.05, 0) is 36.8 Å². The van der Waals surface area contributed by atoms with Crippen molar-refractivity contribution in [1.82, 2.24) is 14.7 Å². The van der Waals surface area contributed by atoms with E-state index in [1.165, 1.54) is 4.68 Å². The molecule has 1 aromatic heterocycles. The van der Waals surface area contributed by atoms with E-state index < -0.39 is 0 Å². The molecule has 1 fully saturated rings. The zero-order chi connectivity index (χ0) is 22.7. The fourth-order valence-electron chi connectivity index (χ4n) is 3.62. The number of piperazine rings is 1. The van der Waals surface area contributed by atoms with Crippen molar-refractivity contribution in [2.24, 2.45) is 0 Å². The molecule has 4 rings (SSSR count). The molecule has 0 radical (unpaired) electrons. The van der Waals surface area contributed by atoms with Crippen molar-refractivity contribution >= 4 is 40.5 Å². The first kappa shape index (κ1) is 22.3. The van der Waals surface area contributed by atoms with E-state index in [4.69, 9.17) is 23.2 Å². The number of halogens is 2. The van der Waals surface area contributed by atoms with Crippen molar-refractivity contribution in [3.05, 3.63) is 80.7 Å². The molecule has 1 N–H and O–H groups in total. The van der Waals surface area contributed by atoms with Crippen molar-refractivity contribution < 1.29 is 4.79 Å². The zero-order valence-electron chi connectivity index (χ0n) is 17.6. The van der Waals surface area contributed by atoms with Crippen molar-refractivity contribution in [1.29, 1.82) is 0 Å². The Morgan fingerprint density at radius 2 is 1.78 bits per heavy atom. The van der Waals surface area contributed by atoms with Gasteiger partial charge < -0.3 is 10.2 Å². The van der Waals surface area contributed by atoms with Crippen LogP contribution >= 0.6 is 23.2 Å². The molecule has 0 unspecified atom stereocenters. The summed E-state index contributed by atoms with van der Waals surface area (Å²) in [7, 11) is 0. The molecule has 0 bridgehead atoms. The largest absolute Gasteiger partial charge is 0.366 e.